The second kappa shape index (κ2) is 13.1. The van der Waals surface area contributed by atoms with Gasteiger partial charge in [-0.15, -0.1) is 0 Å². The quantitative estimate of drug-likeness (QED) is 0.444. The predicted octanol–water partition coefficient (Wildman–Crippen LogP) is 4.65. The smallest absolute Gasteiger partial charge is 0.306 e. The highest BCUT2D eigenvalue weighted by molar-refractivity contribution is 5.69. The molecule has 0 bridgehead atoms. The average Bonchev–Trinajstić information content (AvgIpc) is 3.25. The first-order valence-corrected chi connectivity index (χ1v) is 12.3. The highest BCUT2D eigenvalue weighted by atomic mass is 19.2. The SMILES string of the molecule is CCOC(=O)CCc1ccccc1[C@@H](C)OC[C@H](O)CN1CCC[C@H]1CC1=CC(F)C(F)C=C1. The van der Waals surface area contributed by atoms with Gasteiger partial charge in [-0.1, -0.05) is 30.3 Å². The molecular formula is C27H37F2NO4. The lowest BCUT2D eigenvalue weighted by Crippen LogP contribution is -2.38. The summed E-state index contributed by atoms with van der Waals surface area (Å²) in [6.07, 6.45) is 3.86. The summed E-state index contributed by atoms with van der Waals surface area (Å²) in [5.41, 5.74) is 2.85. The monoisotopic (exact) mass is 477 g/mol. The summed E-state index contributed by atoms with van der Waals surface area (Å²) >= 11 is 0. The molecule has 34 heavy (non-hydrogen) atoms. The van der Waals surface area contributed by atoms with E-state index in [0.717, 1.165) is 36.1 Å². The van der Waals surface area contributed by atoms with E-state index in [2.05, 4.69) is 4.90 Å². The van der Waals surface area contributed by atoms with E-state index in [4.69, 9.17) is 9.47 Å². The molecule has 3 rings (SSSR count). The third-order valence-corrected chi connectivity index (χ3v) is 6.52. The number of alkyl halides is 2. The van der Waals surface area contributed by atoms with Crippen LogP contribution >= 0.6 is 0 Å². The topological polar surface area (TPSA) is 59.0 Å². The van der Waals surface area contributed by atoms with E-state index in [1.54, 1.807) is 13.0 Å². The Hall–Kier alpha value is -2.09. The van der Waals surface area contributed by atoms with Crippen LogP contribution in [-0.2, 0) is 20.7 Å². The number of aliphatic hydroxyl groups excluding tert-OH is 1. The van der Waals surface area contributed by atoms with E-state index in [9.17, 15) is 18.7 Å². The van der Waals surface area contributed by atoms with Crippen LogP contribution in [0.4, 0.5) is 8.78 Å². The molecule has 0 radical (unpaired) electrons. The molecule has 2 aliphatic rings. The lowest BCUT2D eigenvalue weighted by molar-refractivity contribution is -0.143. The first-order valence-electron chi connectivity index (χ1n) is 12.3. The molecule has 1 aliphatic heterocycles. The van der Waals surface area contributed by atoms with Crippen molar-refractivity contribution < 1.29 is 28.2 Å². The highest BCUT2D eigenvalue weighted by Crippen LogP contribution is 2.28. The van der Waals surface area contributed by atoms with Crippen LogP contribution in [0, 0.1) is 0 Å². The number of allylic oxidation sites excluding steroid dienone is 3. The number of hydrogen-bond acceptors (Lipinski definition) is 5. The first-order chi connectivity index (χ1) is 16.4. The van der Waals surface area contributed by atoms with E-state index in [1.165, 1.54) is 12.2 Å². The summed E-state index contributed by atoms with van der Waals surface area (Å²) in [6, 6.07) is 8.06. The maximum Gasteiger partial charge on any atom is 0.306 e. The van der Waals surface area contributed by atoms with Gasteiger partial charge in [0, 0.05) is 19.0 Å². The van der Waals surface area contributed by atoms with Crippen LogP contribution < -0.4 is 0 Å². The normalized spacial score (nSPS) is 24.6. The summed E-state index contributed by atoms with van der Waals surface area (Å²) in [5.74, 6) is -0.215. The number of β-amino-alcohol motifs (C(OH)–C–C–N with tert-alkyl or cyclic N) is 1. The number of esters is 1. The van der Waals surface area contributed by atoms with Crippen LogP contribution in [0.25, 0.3) is 0 Å². The van der Waals surface area contributed by atoms with Crippen molar-refractivity contribution in [3.05, 3.63) is 59.2 Å². The maximum atomic E-state index is 13.7. The summed E-state index contributed by atoms with van der Waals surface area (Å²) in [7, 11) is 0. The van der Waals surface area contributed by atoms with Crippen molar-refractivity contribution in [2.75, 3.05) is 26.3 Å². The van der Waals surface area contributed by atoms with Gasteiger partial charge in [0.2, 0.25) is 0 Å². The van der Waals surface area contributed by atoms with Crippen LogP contribution in [0.1, 0.15) is 56.8 Å². The number of ether oxygens (including phenoxy) is 2. The fourth-order valence-corrected chi connectivity index (χ4v) is 4.75. The zero-order chi connectivity index (χ0) is 24.5. The Morgan fingerprint density at radius 1 is 1.26 bits per heavy atom. The molecule has 0 saturated carbocycles. The molecule has 1 heterocycles. The molecule has 1 aromatic carbocycles. The summed E-state index contributed by atoms with van der Waals surface area (Å²) < 4.78 is 38.0. The van der Waals surface area contributed by atoms with E-state index >= 15 is 0 Å². The van der Waals surface area contributed by atoms with Crippen LogP contribution in [0.2, 0.25) is 0 Å². The molecule has 1 saturated heterocycles. The summed E-state index contributed by atoms with van der Waals surface area (Å²) in [6.45, 7) is 5.65. The fraction of sp³-hybridized carbons (Fsp3) is 0.593. The number of benzene rings is 1. The van der Waals surface area contributed by atoms with Gasteiger partial charge in [0.1, 0.15) is 0 Å². The number of carbonyl (C=O) groups is 1. The highest BCUT2D eigenvalue weighted by Gasteiger charge is 2.28. The first kappa shape index (κ1) is 26.5. The molecule has 7 heteroatoms. The van der Waals surface area contributed by atoms with Gasteiger partial charge in [-0.2, -0.15) is 0 Å². The maximum absolute atomic E-state index is 13.7. The van der Waals surface area contributed by atoms with Crippen LogP contribution in [-0.4, -0.2) is 66.8 Å². The number of likely N-dealkylation sites (tertiary alicyclic amines) is 1. The molecular weight excluding hydrogens is 440 g/mol. The second-order valence-corrected chi connectivity index (χ2v) is 9.12. The number of hydrogen-bond donors (Lipinski definition) is 1. The predicted molar refractivity (Wildman–Crippen MR) is 128 cm³/mol. The van der Waals surface area contributed by atoms with Crippen LogP contribution in [0.15, 0.2) is 48.1 Å². The minimum Gasteiger partial charge on any atom is -0.466 e. The molecule has 1 fully saturated rings. The van der Waals surface area contributed by atoms with Crippen molar-refractivity contribution in [1.82, 2.24) is 4.90 Å². The average molecular weight is 478 g/mol. The molecule has 1 aromatic rings. The van der Waals surface area contributed by atoms with E-state index in [1.807, 2.05) is 31.2 Å². The van der Waals surface area contributed by atoms with Gasteiger partial charge in [-0.3, -0.25) is 9.69 Å². The standard InChI is InChI=1S/C27H37F2NO4/c1-3-33-27(32)13-11-21-7-4-5-9-24(21)19(2)34-18-23(31)17-30-14-6-8-22(30)15-20-10-12-25(28)26(29)16-20/h4-5,7,9-10,12,16,19,22-23,25-26,31H,3,6,8,11,13-15,17-18H2,1-2H3/t19-,22+,23-,25?,26?/m1/s1. The zero-order valence-electron chi connectivity index (χ0n) is 20.2. The third-order valence-electron chi connectivity index (χ3n) is 6.52. The minimum absolute atomic E-state index is 0.190. The molecule has 2 unspecified atom stereocenters. The Balaban J connectivity index is 1.48. The number of halogens is 2. The molecule has 0 aromatic heterocycles. The lowest BCUT2D eigenvalue weighted by Gasteiger charge is -2.28. The lowest BCUT2D eigenvalue weighted by atomic mass is 9.97. The number of nitrogens with zero attached hydrogens (tertiary/aromatic N) is 1. The van der Waals surface area contributed by atoms with E-state index in [-0.39, 0.29) is 24.7 Å². The second-order valence-electron chi connectivity index (χ2n) is 9.12. The molecule has 5 atom stereocenters. The van der Waals surface area contributed by atoms with Crippen LogP contribution in [0.5, 0.6) is 0 Å². The Bertz CT molecular complexity index is 859. The minimum atomic E-state index is -1.57. The van der Waals surface area contributed by atoms with Crippen molar-refractivity contribution in [2.24, 2.45) is 0 Å². The molecule has 5 nitrogen and oxygen atoms in total. The van der Waals surface area contributed by atoms with Gasteiger partial charge in [-0.25, -0.2) is 8.78 Å². The van der Waals surface area contributed by atoms with Gasteiger partial charge in [0.05, 0.1) is 25.4 Å². The Morgan fingerprint density at radius 2 is 2.06 bits per heavy atom. The van der Waals surface area contributed by atoms with Crippen molar-refractivity contribution in [3.8, 4) is 0 Å². The van der Waals surface area contributed by atoms with Gasteiger partial charge < -0.3 is 14.6 Å². The third kappa shape index (κ3) is 7.72. The largest absolute Gasteiger partial charge is 0.466 e. The molecule has 1 N–H and O–H groups in total. The number of rotatable bonds is 12. The summed E-state index contributed by atoms with van der Waals surface area (Å²) in [4.78, 5) is 13.9. The molecule has 1 aliphatic carbocycles. The van der Waals surface area contributed by atoms with Crippen molar-refractivity contribution in [1.29, 1.82) is 0 Å². The Labute approximate surface area is 201 Å². The van der Waals surface area contributed by atoms with E-state index in [0.29, 0.717) is 32.4 Å². The number of aliphatic hydroxyl groups is 1. The zero-order valence-corrected chi connectivity index (χ0v) is 20.2. The van der Waals surface area contributed by atoms with E-state index < -0.39 is 18.4 Å². The summed E-state index contributed by atoms with van der Waals surface area (Å²) in [5, 5.41) is 10.6. The Kier molecular flexibility index (Phi) is 10.2. The number of aryl methyl sites for hydroxylation is 1. The molecule has 0 amide bonds. The van der Waals surface area contributed by atoms with Crippen molar-refractivity contribution >= 4 is 5.97 Å². The molecule has 188 valence electrons. The number of carbonyl (C=O) groups excluding carboxylic acids is 1. The van der Waals surface area contributed by atoms with Crippen molar-refractivity contribution in [3.63, 3.8) is 0 Å². The molecule has 0 spiro atoms. The van der Waals surface area contributed by atoms with Gasteiger partial charge >= 0.3 is 5.97 Å². The van der Waals surface area contributed by atoms with Gasteiger partial charge in [0.25, 0.3) is 0 Å². The van der Waals surface area contributed by atoms with Crippen molar-refractivity contribution in [2.45, 2.75) is 76.5 Å². The van der Waals surface area contributed by atoms with Gasteiger partial charge in [0.15, 0.2) is 12.3 Å². The van der Waals surface area contributed by atoms with Crippen LogP contribution in [0.3, 0.4) is 0 Å². The van der Waals surface area contributed by atoms with Gasteiger partial charge in [-0.05, 0) is 74.9 Å². The fourth-order valence-electron chi connectivity index (χ4n) is 4.75. The Morgan fingerprint density at radius 3 is 2.82 bits per heavy atom.